The van der Waals surface area contributed by atoms with Crippen LogP contribution in [0.3, 0.4) is 0 Å². The van der Waals surface area contributed by atoms with E-state index >= 15 is 0 Å². The number of piperidine rings is 3. The molecule has 2 aromatic carbocycles. The zero-order chi connectivity index (χ0) is 37.3. The Kier molecular flexibility index (Phi) is 9.88. The average Bonchev–Trinajstić information content (AvgIpc) is 3.89. The molecule has 0 spiro atoms. The van der Waals surface area contributed by atoms with Gasteiger partial charge < -0.3 is 35.1 Å². The van der Waals surface area contributed by atoms with Gasteiger partial charge in [-0.15, -0.1) is 10.2 Å². The van der Waals surface area contributed by atoms with Gasteiger partial charge in [0.1, 0.15) is 11.9 Å². The van der Waals surface area contributed by atoms with E-state index in [0.29, 0.717) is 57.3 Å². The lowest BCUT2D eigenvalue weighted by molar-refractivity contribution is -0.135. The van der Waals surface area contributed by atoms with Gasteiger partial charge in [-0.05, 0) is 99.2 Å². The number of nitrogens with zero attached hydrogens (tertiary/aromatic N) is 6. The largest absolute Gasteiger partial charge is 0.475 e. The molecule has 15 nitrogen and oxygen atoms in total. The summed E-state index contributed by atoms with van der Waals surface area (Å²) in [5.41, 5.74) is 4.42. The van der Waals surface area contributed by atoms with Crippen LogP contribution in [0.25, 0.3) is 21.8 Å². The maximum absolute atomic E-state index is 14.3. The number of carboxylic acid groups (broad SMARTS) is 1. The van der Waals surface area contributed by atoms with Crippen molar-refractivity contribution in [3.8, 4) is 0 Å². The Morgan fingerprint density at radius 1 is 0.870 bits per heavy atom. The Morgan fingerprint density at radius 3 is 2.33 bits per heavy atom. The van der Waals surface area contributed by atoms with Crippen LogP contribution in [0.2, 0.25) is 0 Å². The third-order valence-corrected chi connectivity index (χ3v) is 11.8. The van der Waals surface area contributed by atoms with Gasteiger partial charge in [0.2, 0.25) is 11.7 Å². The number of hydrogen-bond acceptors (Lipinski definition) is 8. The number of aryl methyl sites for hydroxylation is 1. The Hall–Kier alpha value is -5.57. The molecule has 15 heteroatoms. The molecule has 282 valence electrons. The predicted molar refractivity (Wildman–Crippen MR) is 201 cm³/mol. The number of aromatic nitrogens is 6. The first-order chi connectivity index (χ1) is 26.2. The summed E-state index contributed by atoms with van der Waals surface area (Å²) in [5, 5.41) is 29.3. The van der Waals surface area contributed by atoms with Crippen molar-refractivity contribution >= 4 is 39.7 Å². The van der Waals surface area contributed by atoms with Crippen molar-refractivity contribution < 1.29 is 19.5 Å². The van der Waals surface area contributed by atoms with Crippen LogP contribution in [0.4, 0.5) is 4.79 Å². The van der Waals surface area contributed by atoms with Crippen molar-refractivity contribution in [1.82, 2.24) is 50.4 Å². The fourth-order valence-electron chi connectivity index (χ4n) is 8.73. The first kappa shape index (κ1) is 35.5. The molecule has 0 bridgehead atoms. The van der Waals surface area contributed by atoms with Gasteiger partial charge in [0.25, 0.3) is 5.56 Å². The van der Waals surface area contributed by atoms with Gasteiger partial charge in [-0.25, -0.2) is 9.59 Å². The van der Waals surface area contributed by atoms with Crippen LogP contribution in [0.15, 0.2) is 53.5 Å². The van der Waals surface area contributed by atoms with E-state index in [1.54, 1.807) is 11.1 Å². The quantitative estimate of drug-likeness (QED) is 0.157. The van der Waals surface area contributed by atoms with E-state index in [4.69, 9.17) is 0 Å². The van der Waals surface area contributed by atoms with E-state index in [1.807, 2.05) is 48.2 Å². The highest BCUT2D eigenvalue weighted by Crippen LogP contribution is 2.30. The van der Waals surface area contributed by atoms with E-state index in [2.05, 4.69) is 46.6 Å². The summed E-state index contributed by atoms with van der Waals surface area (Å²) in [7, 11) is 0. The Bertz CT molecular complexity index is 2220. The molecule has 0 saturated carbocycles. The summed E-state index contributed by atoms with van der Waals surface area (Å²) in [6.07, 6.45) is 6.85. The Morgan fingerprint density at radius 2 is 1.59 bits per heavy atom. The summed E-state index contributed by atoms with van der Waals surface area (Å²) in [6, 6.07) is 13.1. The standard InChI is InChI=1S/C39H46N10O5/c1-23-18-24(19-28-22-40-44-33(23)28)20-32(42-39(54)49-14-6-25(7-15-49)30-21-27-4-2-3-5-31(27)41-36(30)50)37(51)48-16-10-29(11-17-48)47-12-8-26(9-13-47)34-43-35(38(52)53)46-45-34/h2-5,18-19,21-22,25-26,29,32H,6-17,20H2,1H3,(H,40,44)(H,41,50)(H,42,54)(H,52,53)(H,43,45,46)/t32-/m0/s1. The van der Waals surface area contributed by atoms with Gasteiger partial charge in [-0.1, -0.05) is 24.3 Å². The molecule has 5 aromatic rings. The van der Waals surface area contributed by atoms with Crippen molar-refractivity contribution in [3.63, 3.8) is 0 Å². The molecule has 5 N–H and O–H groups in total. The molecule has 3 saturated heterocycles. The lowest BCUT2D eigenvalue weighted by Gasteiger charge is -2.42. The van der Waals surface area contributed by atoms with Gasteiger partial charge >= 0.3 is 12.0 Å². The molecule has 3 aromatic heterocycles. The molecule has 0 aliphatic carbocycles. The highest BCUT2D eigenvalue weighted by Gasteiger charge is 2.35. The third kappa shape index (κ3) is 7.32. The summed E-state index contributed by atoms with van der Waals surface area (Å²) in [5.74, 6) is -0.501. The fourth-order valence-corrected chi connectivity index (χ4v) is 8.73. The van der Waals surface area contributed by atoms with Gasteiger partial charge in [0.15, 0.2) is 0 Å². The van der Waals surface area contributed by atoms with E-state index in [9.17, 15) is 24.3 Å². The number of H-pyrrole nitrogens is 3. The van der Waals surface area contributed by atoms with Crippen LogP contribution in [0, 0.1) is 6.92 Å². The van der Waals surface area contributed by atoms with E-state index in [1.165, 1.54) is 0 Å². The number of hydrogen-bond donors (Lipinski definition) is 5. The van der Waals surface area contributed by atoms with Crippen LogP contribution in [0.1, 0.15) is 83.5 Å². The number of rotatable bonds is 8. The molecular weight excluding hydrogens is 688 g/mol. The predicted octanol–water partition coefficient (Wildman–Crippen LogP) is 3.90. The van der Waals surface area contributed by atoms with Gasteiger partial charge in [0, 0.05) is 61.0 Å². The topological polar surface area (TPSA) is 196 Å². The molecule has 1 atom stereocenters. The highest BCUT2D eigenvalue weighted by molar-refractivity contribution is 5.88. The number of carbonyl (C=O) groups excluding carboxylic acids is 2. The molecule has 3 aliphatic heterocycles. The number of aromatic carboxylic acids is 1. The second kappa shape index (κ2) is 15.0. The molecule has 8 rings (SSSR count). The molecule has 3 amide bonds. The van der Waals surface area contributed by atoms with Crippen LogP contribution in [-0.2, 0) is 11.2 Å². The number of urea groups is 1. The molecule has 0 unspecified atom stereocenters. The number of benzene rings is 2. The number of carboxylic acids is 1. The fraction of sp³-hybridized carbons (Fsp3) is 0.462. The second-order valence-electron chi connectivity index (χ2n) is 15.1. The molecule has 54 heavy (non-hydrogen) atoms. The minimum Gasteiger partial charge on any atom is -0.475 e. The van der Waals surface area contributed by atoms with Crippen molar-refractivity contribution in [1.29, 1.82) is 0 Å². The number of para-hydroxylation sites is 1. The number of aromatic amines is 3. The average molecular weight is 735 g/mol. The monoisotopic (exact) mass is 734 g/mol. The minimum absolute atomic E-state index is 0.0449. The zero-order valence-corrected chi connectivity index (χ0v) is 30.4. The van der Waals surface area contributed by atoms with Gasteiger partial charge in [0.05, 0.1) is 11.7 Å². The summed E-state index contributed by atoms with van der Waals surface area (Å²) in [6.45, 7) is 5.93. The maximum atomic E-state index is 14.3. The van der Waals surface area contributed by atoms with Gasteiger partial charge in [-0.2, -0.15) is 5.10 Å². The van der Waals surface area contributed by atoms with Crippen molar-refractivity contribution in [2.45, 2.75) is 75.8 Å². The van der Waals surface area contributed by atoms with E-state index in [-0.39, 0.29) is 35.2 Å². The van der Waals surface area contributed by atoms with Crippen LogP contribution in [-0.4, -0.2) is 119 Å². The van der Waals surface area contributed by atoms with Crippen LogP contribution >= 0.6 is 0 Å². The van der Waals surface area contributed by atoms with Crippen LogP contribution in [0.5, 0.6) is 0 Å². The highest BCUT2D eigenvalue weighted by atomic mass is 16.4. The van der Waals surface area contributed by atoms with Crippen molar-refractivity contribution in [2.75, 3.05) is 39.3 Å². The number of amides is 3. The van der Waals surface area contributed by atoms with Crippen LogP contribution < -0.4 is 10.9 Å². The van der Waals surface area contributed by atoms with Gasteiger partial charge in [-0.3, -0.25) is 14.7 Å². The number of pyridine rings is 1. The van der Waals surface area contributed by atoms with Crippen molar-refractivity contribution in [2.24, 2.45) is 0 Å². The van der Waals surface area contributed by atoms with E-state index < -0.39 is 12.0 Å². The lowest BCUT2D eigenvalue weighted by Crippen LogP contribution is -2.56. The summed E-state index contributed by atoms with van der Waals surface area (Å²) in [4.78, 5) is 64.3. The first-order valence-electron chi connectivity index (χ1n) is 19.0. The number of fused-ring (bicyclic) bond motifs is 2. The first-order valence-corrected chi connectivity index (χ1v) is 19.0. The summed E-state index contributed by atoms with van der Waals surface area (Å²) >= 11 is 0. The Balaban J connectivity index is 0.907. The lowest BCUT2D eigenvalue weighted by atomic mass is 9.89. The second-order valence-corrected chi connectivity index (χ2v) is 15.1. The molecular formula is C39H46N10O5. The number of likely N-dealkylation sites (tertiary alicyclic amines) is 3. The smallest absolute Gasteiger partial charge is 0.373 e. The zero-order valence-electron chi connectivity index (χ0n) is 30.4. The summed E-state index contributed by atoms with van der Waals surface area (Å²) < 4.78 is 0. The molecule has 3 aliphatic rings. The Labute approximate surface area is 311 Å². The minimum atomic E-state index is -1.11. The molecule has 3 fully saturated rings. The normalized spacial score (nSPS) is 18.7. The van der Waals surface area contributed by atoms with E-state index in [0.717, 1.165) is 77.3 Å². The molecule has 6 heterocycles. The number of carbonyl (C=O) groups is 3. The van der Waals surface area contributed by atoms with Crippen molar-refractivity contribution in [3.05, 3.63) is 87.4 Å². The number of nitrogens with one attached hydrogen (secondary N) is 4. The third-order valence-electron chi connectivity index (χ3n) is 11.8. The maximum Gasteiger partial charge on any atom is 0.373 e. The SMILES string of the molecule is Cc1cc(C[C@H](NC(=O)N2CCC(c3cc4ccccc4[nH]c3=O)CC2)C(=O)N2CCC(N3CCC(c4nnc(C(=O)O)[nH]4)CC3)CC2)cc2cn[nH]c12. The molecule has 0 radical (unpaired) electrons.